The number of nitrogens with zero attached hydrogens (tertiary/aromatic N) is 3. The third-order valence-electron chi connectivity index (χ3n) is 1.82. The molecule has 2 heterocycles. The Morgan fingerprint density at radius 3 is 2.87 bits per heavy atom. The van der Waals surface area contributed by atoms with Gasteiger partial charge >= 0.3 is 0 Å². The summed E-state index contributed by atoms with van der Waals surface area (Å²) >= 11 is 7.24. The topological polar surface area (TPSA) is 50.7 Å². The van der Waals surface area contributed by atoms with Crippen LogP contribution >= 0.6 is 22.9 Å². The van der Waals surface area contributed by atoms with Gasteiger partial charge in [-0.05, 0) is 19.1 Å². The second kappa shape index (κ2) is 4.55. The van der Waals surface area contributed by atoms with Crippen molar-refractivity contribution in [3.63, 3.8) is 0 Å². The molecule has 0 aromatic carbocycles. The summed E-state index contributed by atoms with van der Waals surface area (Å²) < 4.78 is 0. The Morgan fingerprint density at radius 2 is 2.27 bits per heavy atom. The molecule has 0 bridgehead atoms. The van der Waals surface area contributed by atoms with E-state index in [1.165, 1.54) is 0 Å². The molecule has 0 aliphatic rings. The van der Waals surface area contributed by atoms with Crippen molar-refractivity contribution in [2.24, 2.45) is 0 Å². The van der Waals surface area contributed by atoms with E-state index in [0.717, 1.165) is 5.01 Å². The highest BCUT2D eigenvalue weighted by Crippen LogP contribution is 2.19. The zero-order chi connectivity index (χ0) is 10.7. The van der Waals surface area contributed by atoms with Gasteiger partial charge in [0, 0.05) is 11.6 Å². The number of anilines is 1. The van der Waals surface area contributed by atoms with Crippen molar-refractivity contribution in [1.82, 2.24) is 15.2 Å². The lowest BCUT2D eigenvalue weighted by atomic mass is 10.3. The van der Waals surface area contributed by atoms with Crippen LogP contribution in [-0.4, -0.2) is 15.2 Å². The molecule has 1 N–H and O–H groups in total. The predicted molar refractivity (Wildman–Crippen MR) is 61.2 cm³/mol. The van der Waals surface area contributed by atoms with Crippen LogP contribution < -0.4 is 5.32 Å². The van der Waals surface area contributed by atoms with E-state index in [-0.39, 0.29) is 6.04 Å². The third kappa shape index (κ3) is 2.64. The maximum absolute atomic E-state index is 5.64. The fourth-order valence-corrected chi connectivity index (χ4v) is 1.87. The van der Waals surface area contributed by atoms with E-state index < -0.39 is 0 Å². The highest BCUT2D eigenvalue weighted by molar-refractivity contribution is 7.09. The van der Waals surface area contributed by atoms with Gasteiger partial charge in [0.1, 0.15) is 10.8 Å². The van der Waals surface area contributed by atoms with E-state index in [0.29, 0.717) is 11.0 Å². The molecule has 0 saturated carbocycles. The Morgan fingerprint density at radius 1 is 1.40 bits per heavy atom. The number of thiazole rings is 1. The average molecular weight is 241 g/mol. The Kier molecular flexibility index (Phi) is 3.13. The van der Waals surface area contributed by atoms with Crippen LogP contribution in [0.25, 0.3) is 0 Å². The molecule has 0 fully saturated rings. The second-order valence-corrected chi connectivity index (χ2v) is 4.29. The fourth-order valence-electron chi connectivity index (χ4n) is 1.12. The standard InChI is InChI=1S/C9H9ClN4S/c1-6(9-11-4-5-15-9)12-8-3-2-7(10)13-14-8/h2-6H,1H3,(H,12,14). The maximum Gasteiger partial charge on any atom is 0.151 e. The zero-order valence-corrected chi connectivity index (χ0v) is 9.59. The Bertz CT molecular complexity index is 414. The Labute approximate surface area is 96.3 Å². The monoisotopic (exact) mass is 240 g/mol. The molecule has 0 amide bonds. The first-order valence-corrected chi connectivity index (χ1v) is 5.66. The molecule has 0 aliphatic carbocycles. The first-order valence-electron chi connectivity index (χ1n) is 4.41. The maximum atomic E-state index is 5.64. The lowest BCUT2D eigenvalue weighted by molar-refractivity contribution is 0.849. The lowest BCUT2D eigenvalue weighted by Gasteiger charge is -2.10. The summed E-state index contributed by atoms with van der Waals surface area (Å²) in [6.07, 6.45) is 1.78. The predicted octanol–water partition coefficient (Wildman–Crippen LogP) is 2.76. The molecule has 1 unspecified atom stereocenters. The number of hydrogen-bond acceptors (Lipinski definition) is 5. The van der Waals surface area contributed by atoms with Crippen LogP contribution in [0.3, 0.4) is 0 Å². The van der Waals surface area contributed by atoms with E-state index in [4.69, 9.17) is 11.6 Å². The van der Waals surface area contributed by atoms with Crippen molar-refractivity contribution >= 4 is 28.8 Å². The van der Waals surface area contributed by atoms with E-state index in [1.807, 2.05) is 12.3 Å². The Hall–Kier alpha value is -1.20. The quantitative estimate of drug-likeness (QED) is 0.896. The number of hydrogen-bond donors (Lipinski definition) is 1. The van der Waals surface area contributed by atoms with Gasteiger partial charge in [-0.2, -0.15) is 0 Å². The fraction of sp³-hybridized carbons (Fsp3) is 0.222. The summed E-state index contributed by atoms with van der Waals surface area (Å²) in [5.74, 6) is 0.696. The smallest absolute Gasteiger partial charge is 0.151 e. The minimum Gasteiger partial charge on any atom is -0.360 e. The van der Waals surface area contributed by atoms with Crippen molar-refractivity contribution in [1.29, 1.82) is 0 Å². The molecule has 0 spiro atoms. The van der Waals surface area contributed by atoms with Crippen molar-refractivity contribution < 1.29 is 0 Å². The highest BCUT2D eigenvalue weighted by atomic mass is 35.5. The van der Waals surface area contributed by atoms with Crippen molar-refractivity contribution in [3.8, 4) is 0 Å². The van der Waals surface area contributed by atoms with Crippen LogP contribution in [0, 0.1) is 0 Å². The van der Waals surface area contributed by atoms with Gasteiger partial charge in [-0.1, -0.05) is 11.6 Å². The number of rotatable bonds is 3. The summed E-state index contributed by atoms with van der Waals surface area (Å²) in [6, 6.07) is 3.62. The van der Waals surface area contributed by atoms with Crippen LogP contribution in [0.5, 0.6) is 0 Å². The molecule has 0 radical (unpaired) electrons. The molecule has 2 aromatic rings. The minimum atomic E-state index is 0.125. The van der Waals surface area contributed by atoms with E-state index in [9.17, 15) is 0 Å². The van der Waals surface area contributed by atoms with E-state index >= 15 is 0 Å². The van der Waals surface area contributed by atoms with Gasteiger partial charge in [0.25, 0.3) is 0 Å². The van der Waals surface area contributed by atoms with Gasteiger partial charge in [-0.3, -0.25) is 0 Å². The number of nitrogens with one attached hydrogen (secondary N) is 1. The van der Waals surface area contributed by atoms with Crippen molar-refractivity contribution in [2.75, 3.05) is 5.32 Å². The summed E-state index contributed by atoms with van der Waals surface area (Å²) in [7, 11) is 0. The van der Waals surface area contributed by atoms with Crippen LogP contribution in [0.2, 0.25) is 5.15 Å². The molecule has 1 atom stereocenters. The molecular weight excluding hydrogens is 232 g/mol. The van der Waals surface area contributed by atoms with E-state index in [1.54, 1.807) is 29.7 Å². The van der Waals surface area contributed by atoms with Gasteiger partial charge < -0.3 is 5.32 Å². The molecule has 2 aromatic heterocycles. The van der Waals surface area contributed by atoms with Gasteiger partial charge in [0.05, 0.1) is 6.04 Å². The molecule has 0 aliphatic heterocycles. The van der Waals surface area contributed by atoms with Crippen molar-refractivity contribution in [2.45, 2.75) is 13.0 Å². The highest BCUT2D eigenvalue weighted by Gasteiger charge is 2.08. The first-order chi connectivity index (χ1) is 7.25. The molecule has 4 nitrogen and oxygen atoms in total. The minimum absolute atomic E-state index is 0.125. The van der Waals surface area contributed by atoms with Crippen LogP contribution in [-0.2, 0) is 0 Å². The first kappa shape index (κ1) is 10.3. The summed E-state index contributed by atoms with van der Waals surface area (Å²) in [6.45, 7) is 2.02. The average Bonchev–Trinajstić information content (AvgIpc) is 2.74. The lowest BCUT2D eigenvalue weighted by Crippen LogP contribution is -2.07. The largest absolute Gasteiger partial charge is 0.360 e. The molecule has 15 heavy (non-hydrogen) atoms. The van der Waals surface area contributed by atoms with Crippen LogP contribution in [0.1, 0.15) is 18.0 Å². The molecule has 78 valence electrons. The normalized spacial score (nSPS) is 12.4. The molecule has 2 rings (SSSR count). The molecule has 6 heteroatoms. The third-order valence-corrected chi connectivity index (χ3v) is 2.98. The number of aromatic nitrogens is 3. The summed E-state index contributed by atoms with van der Waals surface area (Å²) in [5, 5.41) is 14.2. The summed E-state index contributed by atoms with van der Waals surface area (Å²) in [5.41, 5.74) is 0. The van der Waals surface area contributed by atoms with Crippen molar-refractivity contribution in [3.05, 3.63) is 33.9 Å². The SMILES string of the molecule is CC(Nc1ccc(Cl)nn1)c1nccs1. The van der Waals surface area contributed by atoms with Crippen LogP contribution in [0.15, 0.2) is 23.7 Å². The van der Waals surface area contributed by atoms with Gasteiger partial charge in [0.15, 0.2) is 5.15 Å². The molecular formula is C9H9ClN4S. The van der Waals surface area contributed by atoms with Gasteiger partial charge in [0.2, 0.25) is 0 Å². The van der Waals surface area contributed by atoms with Gasteiger partial charge in [-0.15, -0.1) is 21.5 Å². The molecule has 0 saturated heterocycles. The number of halogens is 1. The van der Waals surface area contributed by atoms with Gasteiger partial charge in [-0.25, -0.2) is 4.98 Å². The zero-order valence-electron chi connectivity index (χ0n) is 8.01. The van der Waals surface area contributed by atoms with E-state index in [2.05, 4.69) is 20.5 Å². The van der Waals surface area contributed by atoms with Crippen LogP contribution in [0.4, 0.5) is 5.82 Å². The summed E-state index contributed by atoms with van der Waals surface area (Å²) in [4.78, 5) is 4.21. The Balaban J connectivity index is 2.06. The second-order valence-electron chi connectivity index (χ2n) is 2.98.